The molecule has 0 aliphatic carbocycles. The largest absolute Gasteiger partial charge is 0.508 e. The van der Waals surface area contributed by atoms with E-state index in [0.717, 1.165) is 16.3 Å². The molecule has 14 heavy (non-hydrogen) atoms. The van der Waals surface area contributed by atoms with E-state index in [1.165, 1.54) is 0 Å². The molecule has 2 aromatic rings. The number of benzene rings is 2. The quantitative estimate of drug-likeness (QED) is 0.720. The van der Waals surface area contributed by atoms with Crippen molar-refractivity contribution in [1.29, 1.82) is 0 Å². The minimum Gasteiger partial charge on any atom is -0.508 e. The van der Waals surface area contributed by atoms with E-state index in [-0.39, 0.29) is 6.04 Å². The Kier molecular flexibility index (Phi) is 2.14. The zero-order chi connectivity index (χ0) is 10.1. The van der Waals surface area contributed by atoms with Crippen LogP contribution in [-0.4, -0.2) is 5.11 Å². The first-order valence-electron chi connectivity index (χ1n) is 4.65. The topological polar surface area (TPSA) is 46.2 Å². The second kappa shape index (κ2) is 3.31. The van der Waals surface area contributed by atoms with Crippen LogP contribution in [0, 0.1) is 0 Å². The molecule has 0 saturated carbocycles. The van der Waals surface area contributed by atoms with Crippen molar-refractivity contribution in [3.05, 3.63) is 42.0 Å². The first-order chi connectivity index (χ1) is 6.66. The summed E-state index contributed by atoms with van der Waals surface area (Å²) in [5.41, 5.74) is 6.87. The third-order valence-corrected chi connectivity index (χ3v) is 2.37. The number of hydrogen-bond donors (Lipinski definition) is 2. The average molecular weight is 187 g/mol. The van der Waals surface area contributed by atoms with Crippen LogP contribution < -0.4 is 5.73 Å². The van der Waals surface area contributed by atoms with E-state index in [4.69, 9.17) is 5.73 Å². The molecule has 2 rings (SSSR count). The normalized spacial score (nSPS) is 13.0. The standard InChI is InChI=1S/C12H13NO/c1-8(13)10-3-2-9-4-5-12(14)7-11(9)6-10/h2-8,14H,13H2,1H3/t8-/m1/s1. The van der Waals surface area contributed by atoms with Crippen molar-refractivity contribution in [2.24, 2.45) is 5.73 Å². The zero-order valence-corrected chi connectivity index (χ0v) is 8.07. The molecule has 0 radical (unpaired) electrons. The molecule has 0 bridgehead atoms. The van der Waals surface area contributed by atoms with Gasteiger partial charge in [-0.15, -0.1) is 0 Å². The molecule has 0 unspecified atom stereocenters. The van der Waals surface area contributed by atoms with Gasteiger partial charge in [-0.05, 0) is 41.5 Å². The van der Waals surface area contributed by atoms with Crippen molar-refractivity contribution < 1.29 is 5.11 Å². The van der Waals surface area contributed by atoms with Crippen LogP contribution in [0.5, 0.6) is 5.75 Å². The summed E-state index contributed by atoms with van der Waals surface area (Å²) in [6.45, 7) is 1.95. The minimum absolute atomic E-state index is 0.0294. The van der Waals surface area contributed by atoms with E-state index in [1.54, 1.807) is 12.1 Å². The molecule has 2 aromatic carbocycles. The molecule has 2 heteroatoms. The summed E-state index contributed by atoms with van der Waals surface area (Å²) in [6.07, 6.45) is 0. The molecule has 0 spiro atoms. The Labute approximate surface area is 83.0 Å². The predicted octanol–water partition coefficient (Wildman–Crippen LogP) is 2.57. The fourth-order valence-corrected chi connectivity index (χ4v) is 1.54. The summed E-state index contributed by atoms with van der Waals surface area (Å²) >= 11 is 0. The maximum Gasteiger partial charge on any atom is 0.116 e. The van der Waals surface area contributed by atoms with Gasteiger partial charge in [-0.25, -0.2) is 0 Å². The van der Waals surface area contributed by atoms with Crippen LogP contribution >= 0.6 is 0 Å². The van der Waals surface area contributed by atoms with Gasteiger partial charge in [-0.2, -0.15) is 0 Å². The maximum absolute atomic E-state index is 9.33. The minimum atomic E-state index is 0.0294. The third kappa shape index (κ3) is 1.56. The van der Waals surface area contributed by atoms with E-state index < -0.39 is 0 Å². The van der Waals surface area contributed by atoms with E-state index in [2.05, 4.69) is 0 Å². The Morgan fingerprint density at radius 3 is 2.50 bits per heavy atom. The van der Waals surface area contributed by atoms with Crippen LogP contribution in [0.4, 0.5) is 0 Å². The van der Waals surface area contributed by atoms with Gasteiger partial charge >= 0.3 is 0 Å². The third-order valence-electron chi connectivity index (χ3n) is 2.37. The van der Waals surface area contributed by atoms with Crippen molar-refractivity contribution in [2.75, 3.05) is 0 Å². The molecule has 0 amide bonds. The first kappa shape index (κ1) is 9.03. The molecule has 0 fully saturated rings. The Hall–Kier alpha value is -1.54. The van der Waals surface area contributed by atoms with Gasteiger partial charge in [0, 0.05) is 6.04 Å². The fraction of sp³-hybridized carbons (Fsp3) is 0.167. The van der Waals surface area contributed by atoms with Gasteiger partial charge in [0.05, 0.1) is 0 Å². The lowest BCUT2D eigenvalue weighted by Gasteiger charge is -2.07. The monoisotopic (exact) mass is 187 g/mol. The molecule has 0 saturated heterocycles. The zero-order valence-electron chi connectivity index (χ0n) is 8.07. The number of phenolic OH excluding ortho intramolecular Hbond substituents is 1. The van der Waals surface area contributed by atoms with E-state index in [1.807, 2.05) is 31.2 Å². The highest BCUT2D eigenvalue weighted by Gasteiger charge is 2.01. The molecule has 0 aliphatic heterocycles. The SMILES string of the molecule is C[C@@H](N)c1ccc2ccc(O)cc2c1. The number of phenols is 1. The Morgan fingerprint density at radius 1 is 1.07 bits per heavy atom. The van der Waals surface area contributed by atoms with Crippen LogP contribution in [0.2, 0.25) is 0 Å². The lowest BCUT2D eigenvalue weighted by atomic mass is 10.0. The van der Waals surface area contributed by atoms with Crippen LogP contribution in [0.3, 0.4) is 0 Å². The molecule has 0 aliphatic rings. The molecule has 72 valence electrons. The maximum atomic E-state index is 9.33. The molecule has 3 N–H and O–H groups in total. The van der Waals surface area contributed by atoms with E-state index >= 15 is 0 Å². The first-order valence-corrected chi connectivity index (χ1v) is 4.65. The predicted molar refractivity (Wildman–Crippen MR) is 58.2 cm³/mol. The number of rotatable bonds is 1. The molecule has 2 nitrogen and oxygen atoms in total. The molecule has 0 aromatic heterocycles. The number of hydrogen-bond acceptors (Lipinski definition) is 2. The molecular formula is C12H13NO. The van der Waals surface area contributed by atoms with Crippen molar-refractivity contribution in [3.63, 3.8) is 0 Å². The number of fused-ring (bicyclic) bond motifs is 1. The Bertz CT molecular complexity index is 463. The highest BCUT2D eigenvalue weighted by atomic mass is 16.3. The highest BCUT2D eigenvalue weighted by molar-refractivity contribution is 5.84. The fourth-order valence-electron chi connectivity index (χ4n) is 1.54. The number of aromatic hydroxyl groups is 1. The van der Waals surface area contributed by atoms with Crippen molar-refractivity contribution >= 4 is 10.8 Å². The second-order valence-corrected chi connectivity index (χ2v) is 3.58. The smallest absolute Gasteiger partial charge is 0.116 e. The summed E-state index contributed by atoms with van der Waals surface area (Å²) in [5.74, 6) is 0.291. The summed E-state index contributed by atoms with van der Waals surface area (Å²) in [6, 6.07) is 11.4. The van der Waals surface area contributed by atoms with Gasteiger partial charge in [0.25, 0.3) is 0 Å². The lowest BCUT2D eigenvalue weighted by molar-refractivity contribution is 0.476. The van der Waals surface area contributed by atoms with Crippen molar-refractivity contribution in [1.82, 2.24) is 0 Å². The summed E-state index contributed by atoms with van der Waals surface area (Å²) in [4.78, 5) is 0. The van der Waals surface area contributed by atoms with Gasteiger partial charge in [0.1, 0.15) is 5.75 Å². The van der Waals surface area contributed by atoms with Crippen LogP contribution in [0.15, 0.2) is 36.4 Å². The second-order valence-electron chi connectivity index (χ2n) is 3.58. The van der Waals surface area contributed by atoms with Crippen LogP contribution in [0.25, 0.3) is 10.8 Å². The van der Waals surface area contributed by atoms with Gasteiger partial charge in [0.2, 0.25) is 0 Å². The molecule has 1 atom stereocenters. The number of nitrogens with two attached hydrogens (primary N) is 1. The highest BCUT2D eigenvalue weighted by Crippen LogP contribution is 2.22. The summed E-state index contributed by atoms with van der Waals surface area (Å²) < 4.78 is 0. The van der Waals surface area contributed by atoms with Gasteiger partial charge in [0.15, 0.2) is 0 Å². The lowest BCUT2D eigenvalue weighted by Crippen LogP contribution is -2.04. The van der Waals surface area contributed by atoms with Gasteiger partial charge in [-0.3, -0.25) is 0 Å². The van der Waals surface area contributed by atoms with Crippen LogP contribution in [0.1, 0.15) is 18.5 Å². The van der Waals surface area contributed by atoms with Crippen molar-refractivity contribution in [3.8, 4) is 5.75 Å². The summed E-state index contributed by atoms with van der Waals surface area (Å²) in [7, 11) is 0. The van der Waals surface area contributed by atoms with Gasteiger partial charge in [-0.1, -0.05) is 18.2 Å². The molecule has 0 heterocycles. The Morgan fingerprint density at radius 2 is 1.79 bits per heavy atom. The summed E-state index contributed by atoms with van der Waals surface area (Å²) in [5, 5.41) is 11.5. The molecular weight excluding hydrogens is 174 g/mol. The van der Waals surface area contributed by atoms with Crippen molar-refractivity contribution in [2.45, 2.75) is 13.0 Å². The average Bonchev–Trinajstić information content (AvgIpc) is 2.16. The van der Waals surface area contributed by atoms with E-state index in [9.17, 15) is 5.11 Å². The van der Waals surface area contributed by atoms with E-state index in [0.29, 0.717) is 5.75 Å². The Balaban J connectivity index is 2.63. The van der Waals surface area contributed by atoms with Gasteiger partial charge < -0.3 is 10.8 Å². The van der Waals surface area contributed by atoms with Crippen LogP contribution in [-0.2, 0) is 0 Å².